The van der Waals surface area contributed by atoms with Crippen LogP contribution in [0.25, 0.3) is 0 Å². The first-order valence-electron chi connectivity index (χ1n) is 7.26. The van der Waals surface area contributed by atoms with E-state index in [1.807, 2.05) is 25.1 Å². The second-order valence-electron chi connectivity index (χ2n) is 5.24. The monoisotopic (exact) mass is 302 g/mol. The van der Waals surface area contributed by atoms with Crippen LogP contribution in [-0.2, 0) is 6.54 Å². The van der Waals surface area contributed by atoms with Gasteiger partial charge in [-0.3, -0.25) is 4.79 Å². The van der Waals surface area contributed by atoms with Crippen molar-refractivity contribution in [2.24, 2.45) is 0 Å². The number of nitrogens with one attached hydrogen (secondary N) is 2. The van der Waals surface area contributed by atoms with Crippen molar-refractivity contribution < 1.29 is 4.79 Å². The average Bonchev–Trinajstić information content (AvgIpc) is 2.88. The number of hydrogen-bond donors (Lipinski definition) is 2. The van der Waals surface area contributed by atoms with Crippen molar-refractivity contribution in [2.45, 2.75) is 33.7 Å². The third kappa shape index (κ3) is 4.08. The lowest BCUT2D eigenvalue weighted by Gasteiger charge is -2.13. The highest BCUT2D eigenvalue weighted by Gasteiger charge is 2.11. The van der Waals surface area contributed by atoms with E-state index in [4.69, 9.17) is 0 Å². The van der Waals surface area contributed by atoms with Crippen molar-refractivity contribution in [3.05, 3.63) is 51.2 Å². The van der Waals surface area contributed by atoms with Crippen molar-refractivity contribution in [2.75, 3.05) is 11.9 Å². The number of hydrogen-bond acceptors (Lipinski definition) is 3. The van der Waals surface area contributed by atoms with E-state index >= 15 is 0 Å². The fourth-order valence-corrected chi connectivity index (χ4v) is 2.96. The molecule has 0 radical (unpaired) electrons. The third-order valence-corrected chi connectivity index (χ3v) is 4.30. The first kappa shape index (κ1) is 15.6. The maximum Gasteiger partial charge on any atom is 0.253 e. The summed E-state index contributed by atoms with van der Waals surface area (Å²) in [6.07, 6.45) is 1.03. The number of aryl methyl sites for hydroxylation is 2. The smallest absolute Gasteiger partial charge is 0.253 e. The quantitative estimate of drug-likeness (QED) is 0.843. The summed E-state index contributed by atoms with van der Waals surface area (Å²) >= 11 is 1.67. The Bertz CT molecular complexity index is 619. The maximum absolute atomic E-state index is 12.4. The van der Waals surface area contributed by atoms with Gasteiger partial charge in [0.05, 0.1) is 5.56 Å². The lowest BCUT2D eigenvalue weighted by atomic mass is 10.1. The first-order chi connectivity index (χ1) is 10.1. The minimum atomic E-state index is -0.0285. The molecule has 0 aliphatic rings. The second-order valence-corrected chi connectivity index (χ2v) is 5.98. The summed E-state index contributed by atoms with van der Waals surface area (Å²) in [5.41, 5.74) is 5.19. The first-order valence-corrected chi connectivity index (χ1v) is 8.20. The molecular weight excluding hydrogens is 280 g/mol. The number of carbonyl (C=O) groups excluding carboxylic acids is 1. The fraction of sp³-hybridized carbons (Fsp3) is 0.353. The van der Waals surface area contributed by atoms with Crippen molar-refractivity contribution in [1.29, 1.82) is 0 Å². The molecule has 2 aromatic rings. The molecule has 0 bridgehead atoms. The van der Waals surface area contributed by atoms with Gasteiger partial charge in [0.15, 0.2) is 0 Å². The van der Waals surface area contributed by atoms with Gasteiger partial charge < -0.3 is 10.6 Å². The van der Waals surface area contributed by atoms with Gasteiger partial charge in [-0.1, -0.05) is 13.0 Å². The van der Waals surface area contributed by atoms with Crippen molar-refractivity contribution in [3.63, 3.8) is 0 Å². The lowest BCUT2D eigenvalue weighted by Crippen LogP contribution is -2.24. The minimum Gasteiger partial charge on any atom is -0.384 e. The van der Waals surface area contributed by atoms with E-state index in [0.29, 0.717) is 12.1 Å². The molecule has 112 valence electrons. The summed E-state index contributed by atoms with van der Waals surface area (Å²) in [7, 11) is 0. The Hall–Kier alpha value is -1.81. The zero-order valence-electron chi connectivity index (χ0n) is 12.8. The molecule has 21 heavy (non-hydrogen) atoms. The number of benzene rings is 1. The third-order valence-electron chi connectivity index (χ3n) is 3.39. The van der Waals surface area contributed by atoms with Gasteiger partial charge in [0, 0.05) is 18.8 Å². The van der Waals surface area contributed by atoms with E-state index in [9.17, 15) is 4.79 Å². The van der Waals surface area contributed by atoms with E-state index in [1.54, 1.807) is 11.3 Å². The highest BCUT2D eigenvalue weighted by molar-refractivity contribution is 7.08. The molecule has 3 nitrogen and oxygen atoms in total. The zero-order chi connectivity index (χ0) is 15.2. The van der Waals surface area contributed by atoms with Gasteiger partial charge in [-0.15, -0.1) is 0 Å². The maximum atomic E-state index is 12.4. The second kappa shape index (κ2) is 7.27. The van der Waals surface area contributed by atoms with E-state index in [1.165, 1.54) is 11.1 Å². The molecule has 2 N–H and O–H groups in total. The Kier molecular flexibility index (Phi) is 5.39. The van der Waals surface area contributed by atoms with E-state index in [-0.39, 0.29) is 5.91 Å². The van der Waals surface area contributed by atoms with Gasteiger partial charge >= 0.3 is 0 Å². The summed E-state index contributed by atoms with van der Waals surface area (Å²) in [6, 6.07) is 5.89. The molecule has 1 heterocycles. The van der Waals surface area contributed by atoms with Crippen molar-refractivity contribution in [3.8, 4) is 0 Å². The van der Waals surface area contributed by atoms with Gasteiger partial charge in [0.25, 0.3) is 5.91 Å². The van der Waals surface area contributed by atoms with Crippen molar-refractivity contribution in [1.82, 2.24) is 5.32 Å². The van der Waals surface area contributed by atoms with Crippen molar-refractivity contribution >= 4 is 22.9 Å². The van der Waals surface area contributed by atoms with Gasteiger partial charge in [-0.05, 0) is 59.9 Å². The predicted molar refractivity (Wildman–Crippen MR) is 90.2 cm³/mol. The van der Waals surface area contributed by atoms with Crippen LogP contribution in [0.5, 0.6) is 0 Å². The lowest BCUT2D eigenvalue weighted by molar-refractivity contribution is 0.0951. The van der Waals surface area contributed by atoms with E-state index in [0.717, 1.165) is 24.2 Å². The number of rotatable bonds is 6. The summed E-state index contributed by atoms with van der Waals surface area (Å²) in [4.78, 5) is 12.4. The normalized spacial score (nSPS) is 10.4. The molecule has 0 spiro atoms. The van der Waals surface area contributed by atoms with Gasteiger partial charge in [0.1, 0.15) is 0 Å². The molecule has 0 aliphatic carbocycles. The van der Waals surface area contributed by atoms with Crippen LogP contribution in [0.3, 0.4) is 0 Å². The minimum absolute atomic E-state index is 0.0285. The fourth-order valence-electron chi connectivity index (χ4n) is 2.10. The van der Waals surface area contributed by atoms with Crippen LogP contribution in [0.2, 0.25) is 0 Å². The molecule has 4 heteroatoms. The number of anilines is 1. The van der Waals surface area contributed by atoms with Crippen LogP contribution < -0.4 is 10.6 Å². The van der Waals surface area contributed by atoms with Crippen LogP contribution in [0.4, 0.5) is 5.69 Å². The highest BCUT2D eigenvalue weighted by atomic mass is 32.1. The summed E-state index contributed by atoms with van der Waals surface area (Å²) in [6.45, 7) is 7.66. The Labute approximate surface area is 130 Å². The van der Waals surface area contributed by atoms with Gasteiger partial charge in [-0.25, -0.2) is 0 Å². The van der Waals surface area contributed by atoms with Crippen LogP contribution in [0.15, 0.2) is 29.0 Å². The Morgan fingerprint density at radius 2 is 2.05 bits per heavy atom. The highest BCUT2D eigenvalue weighted by Crippen LogP contribution is 2.18. The number of carbonyl (C=O) groups is 1. The zero-order valence-corrected chi connectivity index (χ0v) is 13.6. The standard InChI is InChI=1S/C17H22N2OS/c1-4-7-18-16-8-12(2)5-6-15(16)17(20)19-9-14-11-21-10-13(14)3/h5-6,8,10-11,18H,4,7,9H2,1-3H3,(H,19,20). The molecule has 0 unspecified atom stereocenters. The SMILES string of the molecule is CCCNc1cc(C)ccc1C(=O)NCc1cscc1C. The molecule has 0 aliphatic heterocycles. The molecule has 0 saturated carbocycles. The van der Waals surface area contributed by atoms with Gasteiger partial charge in [-0.2, -0.15) is 11.3 Å². The van der Waals surface area contributed by atoms with Crippen LogP contribution in [-0.4, -0.2) is 12.5 Å². The molecule has 0 fully saturated rings. The Morgan fingerprint density at radius 3 is 2.71 bits per heavy atom. The molecular formula is C17H22N2OS. The van der Waals surface area contributed by atoms with Crippen LogP contribution in [0.1, 0.15) is 40.4 Å². The van der Waals surface area contributed by atoms with Gasteiger partial charge in [0.2, 0.25) is 0 Å². The summed E-state index contributed by atoms with van der Waals surface area (Å²) in [5.74, 6) is -0.0285. The largest absolute Gasteiger partial charge is 0.384 e. The molecule has 0 saturated heterocycles. The van der Waals surface area contributed by atoms with E-state index < -0.39 is 0 Å². The number of amides is 1. The molecule has 1 aromatic heterocycles. The predicted octanol–water partition coefficient (Wildman–Crippen LogP) is 4.12. The van der Waals surface area contributed by atoms with Crippen LogP contribution >= 0.6 is 11.3 Å². The molecule has 1 amide bonds. The average molecular weight is 302 g/mol. The summed E-state index contributed by atoms with van der Waals surface area (Å²) < 4.78 is 0. The molecule has 2 rings (SSSR count). The molecule has 0 atom stereocenters. The Balaban J connectivity index is 2.09. The van der Waals surface area contributed by atoms with E-state index in [2.05, 4.69) is 35.2 Å². The van der Waals surface area contributed by atoms with Crippen LogP contribution in [0, 0.1) is 13.8 Å². The summed E-state index contributed by atoms with van der Waals surface area (Å²) in [5, 5.41) is 10.5. The number of thiophene rings is 1. The molecule has 1 aromatic carbocycles. The Morgan fingerprint density at radius 1 is 1.24 bits per heavy atom. The topological polar surface area (TPSA) is 41.1 Å².